The summed E-state index contributed by atoms with van der Waals surface area (Å²) >= 11 is 0. The average Bonchev–Trinajstić information content (AvgIpc) is 2.99. The van der Waals surface area contributed by atoms with E-state index in [9.17, 15) is 10.2 Å². The number of fused-ring (bicyclic) bond motifs is 5. The first-order chi connectivity index (χ1) is 14.7. The van der Waals surface area contributed by atoms with Crippen LogP contribution in [0.2, 0.25) is 0 Å². The van der Waals surface area contributed by atoms with E-state index in [0.717, 1.165) is 37.5 Å². The SMILES string of the molecule is CN(C)c1ccc(/C=C2\C[C@H]3[C@@H]4CC[C@H]5C[C@H](O)CC[C@]5(C)[C@H]4CC[C@]3(C)[C@@H]2O)cc1. The first-order valence-corrected chi connectivity index (χ1v) is 12.6. The van der Waals surface area contributed by atoms with Crippen molar-refractivity contribution in [2.45, 2.75) is 77.4 Å². The number of nitrogens with zero attached hydrogens (tertiary/aromatic N) is 1. The quantitative estimate of drug-likeness (QED) is 0.659. The summed E-state index contributed by atoms with van der Waals surface area (Å²) in [5.41, 5.74) is 4.07. The molecule has 4 aliphatic carbocycles. The number of rotatable bonds is 2. The Hall–Kier alpha value is -1.32. The molecule has 1 aromatic carbocycles. The highest BCUT2D eigenvalue weighted by Gasteiger charge is 2.61. The van der Waals surface area contributed by atoms with Crippen molar-refractivity contribution in [3.63, 3.8) is 0 Å². The summed E-state index contributed by atoms with van der Waals surface area (Å²) in [6, 6.07) is 8.69. The summed E-state index contributed by atoms with van der Waals surface area (Å²) in [5, 5.41) is 21.7. The number of benzene rings is 1. The second kappa shape index (κ2) is 7.63. The van der Waals surface area contributed by atoms with Crippen LogP contribution in [0.1, 0.15) is 70.8 Å². The van der Waals surface area contributed by atoms with Crippen LogP contribution in [0.15, 0.2) is 29.8 Å². The summed E-state index contributed by atoms with van der Waals surface area (Å²) in [4.78, 5) is 2.12. The van der Waals surface area contributed by atoms with Gasteiger partial charge in [0.15, 0.2) is 0 Å². The van der Waals surface area contributed by atoms with Crippen molar-refractivity contribution in [3.05, 3.63) is 35.4 Å². The molecule has 0 amide bonds. The fraction of sp³-hybridized carbons (Fsp3) is 0.714. The summed E-state index contributed by atoms with van der Waals surface area (Å²) in [7, 11) is 4.14. The second-order valence-electron chi connectivity index (χ2n) is 11.9. The summed E-state index contributed by atoms with van der Waals surface area (Å²) < 4.78 is 0. The number of aliphatic hydroxyl groups excluding tert-OH is 2. The molecule has 4 fully saturated rings. The lowest BCUT2D eigenvalue weighted by Crippen LogP contribution is -2.54. The fourth-order valence-electron chi connectivity index (χ4n) is 8.32. The van der Waals surface area contributed by atoms with Crippen LogP contribution in [0.25, 0.3) is 6.08 Å². The predicted octanol–water partition coefficient (Wildman–Crippen LogP) is 5.51. The molecule has 8 atom stereocenters. The number of hydrogen-bond acceptors (Lipinski definition) is 3. The topological polar surface area (TPSA) is 43.7 Å². The molecule has 2 N–H and O–H groups in total. The molecule has 3 heteroatoms. The summed E-state index contributed by atoms with van der Waals surface area (Å²) in [6.45, 7) is 4.91. The van der Waals surface area contributed by atoms with E-state index >= 15 is 0 Å². The Kier molecular flexibility index (Phi) is 5.29. The summed E-state index contributed by atoms with van der Waals surface area (Å²) in [6.07, 6.45) is 11.1. The van der Waals surface area contributed by atoms with Crippen LogP contribution >= 0.6 is 0 Å². The van der Waals surface area contributed by atoms with E-state index in [4.69, 9.17) is 0 Å². The van der Waals surface area contributed by atoms with Gasteiger partial charge in [-0.05, 0) is 104 Å². The van der Waals surface area contributed by atoms with Gasteiger partial charge in [0.25, 0.3) is 0 Å². The number of anilines is 1. The van der Waals surface area contributed by atoms with E-state index in [0.29, 0.717) is 17.3 Å². The van der Waals surface area contributed by atoms with E-state index in [1.807, 2.05) is 0 Å². The largest absolute Gasteiger partial charge is 0.393 e. The lowest BCUT2D eigenvalue weighted by molar-refractivity contribution is -0.133. The van der Waals surface area contributed by atoms with E-state index in [1.54, 1.807) is 0 Å². The third-order valence-electron chi connectivity index (χ3n) is 10.3. The Morgan fingerprint density at radius 1 is 0.903 bits per heavy atom. The first-order valence-electron chi connectivity index (χ1n) is 12.6. The molecule has 4 saturated carbocycles. The molecule has 0 heterocycles. The van der Waals surface area contributed by atoms with E-state index in [-0.39, 0.29) is 17.6 Å². The van der Waals surface area contributed by atoms with Crippen molar-refractivity contribution < 1.29 is 10.2 Å². The molecule has 170 valence electrons. The lowest BCUT2D eigenvalue weighted by atomic mass is 9.45. The van der Waals surface area contributed by atoms with E-state index < -0.39 is 0 Å². The molecular formula is C28H41NO2. The standard InChI is InChI=1S/C28H41NO2/c1-27-13-11-22(30)17-20(27)7-10-23-24(27)12-14-28(2)25(23)16-19(26(28)31)15-18-5-8-21(9-6-18)29(3)4/h5-6,8-9,15,20,22-26,30-31H,7,10-14,16-17H2,1-4H3/b19-15+/t20-,22+,23+,24-,25-,26+,27-,28-/m0/s1. The van der Waals surface area contributed by atoms with Gasteiger partial charge in [0, 0.05) is 25.2 Å². The van der Waals surface area contributed by atoms with Gasteiger partial charge in [0.2, 0.25) is 0 Å². The van der Waals surface area contributed by atoms with Gasteiger partial charge < -0.3 is 15.1 Å². The lowest BCUT2D eigenvalue weighted by Gasteiger charge is -2.60. The van der Waals surface area contributed by atoms with Crippen molar-refractivity contribution in [2.24, 2.45) is 34.5 Å². The van der Waals surface area contributed by atoms with Crippen molar-refractivity contribution in [1.29, 1.82) is 0 Å². The maximum absolute atomic E-state index is 11.5. The molecule has 31 heavy (non-hydrogen) atoms. The molecule has 5 rings (SSSR count). The minimum Gasteiger partial charge on any atom is -0.393 e. The van der Waals surface area contributed by atoms with Crippen LogP contribution in [0, 0.1) is 34.5 Å². The van der Waals surface area contributed by atoms with E-state index in [2.05, 4.69) is 63.2 Å². The Balaban J connectivity index is 1.40. The third-order valence-corrected chi connectivity index (χ3v) is 10.3. The normalized spacial score (nSPS) is 45.7. The predicted molar refractivity (Wildman–Crippen MR) is 128 cm³/mol. The molecule has 0 radical (unpaired) electrons. The van der Waals surface area contributed by atoms with Crippen molar-refractivity contribution in [1.82, 2.24) is 0 Å². The fourth-order valence-corrected chi connectivity index (χ4v) is 8.32. The maximum atomic E-state index is 11.5. The first kappa shape index (κ1) is 21.5. The van der Waals surface area contributed by atoms with Crippen molar-refractivity contribution in [2.75, 3.05) is 19.0 Å². The molecular weight excluding hydrogens is 382 g/mol. The van der Waals surface area contributed by atoms with Crippen LogP contribution in [-0.2, 0) is 0 Å². The Labute approximate surface area is 188 Å². The van der Waals surface area contributed by atoms with Gasteiger partial charge in [-0.1, -0.05) is 32.1 Å². The third kappa shape index (κ3) is 3.38. The van der Waals surface area contributed by atoms with Gasteiger partial charge in [-0.3, -0.25) is 0 Å². The van der Waals surface area contributed by atoms with Gasteiger partial charge in [-0.15, -0.1) is 0 Å². The second-order valence-corrected chi connectivity index (χ2v) is 11.9. The van der Waals surface area contributed by atoms with Gasteiger partial charge in [0.1, 0.15) is 0 Å². The highest BCUT2D eigenvalue weighted by molar-refractivity contribution is 5.59. The van der Waals surface area contributed by atoms with Crippen LogP contribution in [0.4, 0.5) is 5.69 Å². The van der Waals surface area contributed by atoms with Gasteiger partial charge in [0.05, 0.1) is 12.2 Å². The highest BCUT2D eigenvalue weighted by Crippen LogP contribution is 2.67. The van der Waals surface area contributed by atoms with Crippen molar-refractivity contribution >= 4 is 11.8 Å². The minimum atomic E-state index is -0.314. The van der Waals surface area contributed by atoms with E-state index in [1.165, 1.54) is 42.5 Å². The molecule has 1 aromatic rings. The molecule has 0 spiro atoms. The highest BCUT2D eigenvalue weighted by atomic mass is 16.3. The zero-order valence-electron chi connectivity index (χ0n) is 19.8. The van der Waals surface area contributed by atoms with Crippen LogP contribution < -0.4 is 4.90 Å². The van der Waals surface area contributed by atoms with Gasteiger partial charge >= 0.3 is 0 Å². The summed E-state index contributed by atoms with van der Waals surface area (Å²) in [5.74, 6) is 2.78. The molecule has 0 aromatic heterocycles. The zero-order chi connectivity index (χ0) is 22.0. The Morgan fingerprint density at radius 3 is 2.32 bits per heavy atom. The molecule has 4 aliphatic rings. The smallest absolute Gasteiger partial charge is 0.0809 e. The molecule has 0 aliphatic heterocycles. The minimum absolute atomic E-state index is 0.0218. The van der Waals surface area contributed by atoms with Gasteiger partial charge in [-0.2, -0.15) is 0 Å². The molecule has 0 unspecified atom stereocenters. The monoisotopic (exact) mass is 423 g/mol. The molecule has 0 saturated heterocycles. The van der Waals surface area contributed by atoms with Crippen LogP contribution in [0.5, 0.6) is 0 Å². The number of hydrogen-bond donors (Lipinski definition) is 2. The molecule has 3 nitrogen and oxygen atoms in total. The Bertz CT molecular complexity index is 845. The maximum Gasteiger partial charge on any atom is 0.0809 e. The molecule has 0 bridgehead atoms. The van der Waals surface area contributed by atoms with Crippen LogP contribution in [-0.4, -0.2) is 36.5 Å². The van der Waals surface area contributed by atoms with Gasteiger partial charge in [-0.25, -0.2) is 0 Å². The van der Waals surface area contributed by atoms with Crippen LogP contribution in [0.3, 0.4) is 0 Å². The Morgan fingerprint density at radius 2 is 1.61 bits per heavy atom. The number of aliphatic hydroxyl groups is 2. The average molecular weight is 424 g/mol. The van der Waals surface area contributed by atoms with Crippen molar-refractivity contribution in [3.8, 4) is 0 Å². The zero-order valence-corrected chi connectivity index (χ0v) is 19.8.